The van der Waals surface area contributed by atoms with Gasteiger partial charge in [0.05, 0.1) is 5.69 Å². The summed E-state index contributed by atoms with van der Waals surface area (Å²) in [5, 5.41) is 0. The fourth-order valence-corrected chi connectivity index (χ4v) is 1.15. The molecule has 1 aliphatic heterocycles. The van der Waals surface area contributed by atoms with Gasteiger partial charge in [0, 0.05) is 6.07 Å². The lowest BCUT2D eigenvalue weighted by Crippen LogP contribution is -2.43. The van der Waals surface area contributed by atoms with Crippen LogP contribution in [0.5, 0.6) is 11.5 Å². The molecule has 15 heavy (non-hydrogen) atoms. The zero-order valence-electron chi connectivity index (χ0n) is 7.34. The molecule has 0 bridgehead atoms. The number of nitrogen functional groups attached to an aromatic ring is 1. The van der Waals surface area contributed by atoms with Crippen molar-refractivity contribution in [3.63, 3.8) is 0 Å². The predicted molar refractivity (Wildman–Crippen MR) is 45.4 cm³/mol. The third-order valence-electron chi connectivity index (χ3n) is 1.85. The van der Waals surface area contributed by atoms with E-state index in [0.29, 0.717) is 5.69 Å². The Morgan fingerprint density at radius 1 is 1.33 bits per heavy atom. The Kier molecular flexibility index (Phi) is 2.11. The minimum absolute atomic E-state index is 0.0903. The molecule has 1 unspecified atom stereocenters. The molecule has 0 radical (unpaired) electrons. The van der Waals surface area contributed by atoms with Gasteiger partial charge >= 0.3 is 12.5 Å². The number of hydrogen-bond donors (Lipinski definition) is 2. The highest BCUT2D eigenvalue weighted by Crippen LogP contribution is 2.41. The first kappa shape index (κ1) is 9.91. The number of hydrazine groups is 1. The van der Waals surface area contributed by atoms with Crippen LogP contribution in [0.4, 0.5) is 18.9 Å². The van der Waals surface area contributed by atoms with Crippen LogP contribution in [0.2, 0.25) is 0 Å². The van der Waals surface area contributed by atoms with Gasteiger partial charge in [-0.15, -0.1) is 0 Å². The number of nitrogens with two attached hydrogens (primary N) is 1. The summed E-state index contributed by atoms with van der Waals surface area (Å²) >= 11 is 0. The summed E-state index contributed by atoms with van der Waals surface area (Å²) in [5.74, 6) is 4.72. The molecule has 1 aliphatic rings. The molecule has 1 aromatic carbocycles. The van der Waals surface area contributed by atoms with Gasteiger partial charge in [-0.2, -0.15) is 13.2 Å². The van der Waals surface area contributed by atoms with Crippen molar-refractivity contribution in [2.24, 2.45) is 5.84 Å². The average Bonchev–Trinajstić information content (AvgIpc) is 2.18. The van der Waals surface area contributed by atoms with Crippen molar-refractivity contribution >= 4 is 5.69 Å². The summed E-state index contributed by atoms with van der Waals surface area (Å²) in [7, 11) is 0. The van der Waals surface area contributed by atoms with Crippen molar-refractivity contribution in [1.29, 1.82) is 0 Å². The van der Waals surface area contributed by atoms with Gasteiger partial charge in [-0.3, -0.25) is 5.84 Å². The lowest BCUT2D eigenvalue weighted by molar-refractivity contribution is -0.281. The third-order valence-corrected chi connectivity index (χ3v) is 1.85. The van der Waals surface area contributed by atoms with E-state index in [1.165, 1.54) is 18.2 Å². The highest BCUT2D eigenvalue weighted by atomic mass is 19.3. The normalized spacial score (nSPS) is 22.3. The molecular weight excluding hydrogens is 213 g/mol. The fraction of sp³-hybridized carbons (Fsp3) is 0.250. The molecule has 1 aromatic rings. The standard InChI is InChI=1S/C8H7F3N2O2/c9-7-8(10,11)15-6-3-4(13-12)1-2-5(6)14-7/h1-3,7,13H,12H2. The van der Waals surface area contributed by atoms with Gasteiger partial charge in [-0.25, -0.2) is 0 Å². The minimum atomic E-state index is -3.99. The lowest BCUT2D eigenvalue weighted by atomic mass is 10.2. The van der Waals surface area contributed by atoms with Crippen LogP contribution in [-0.2, 0) is 0 Å². The summed E-state index contributed by atoms with van der Waals surface area (Å²) in [6.45, 7) is 0. The van der Waals surface area contributed by atoms with Crippen molar-refractivity contribution in [2.75, 3.05) is 5.43 Å². The van der Waals surface area contributed by atoms with Gasteiger partial charge in [0.15, 0.2) is 11.5 Å². The number of anilines is 1. The molecule has 0 saturated heterocycles. The Balaban J connectivity index is 2.37. The lowest BCUT2D eigenvalue weighted by Gasteiger charge is -2.28. The first-order valence-corrected chi connectivity index (χ1v) is 4.01. The van der Waals surface area contributed by atoms with Gasteiger partial charge in [0.25, 0.3) is 0 Å². The maximum absolute atomic E-state index is 12.7. The number of halogens is 3. The second-order valence-electron chi connectivity index (χ2n) is 2.90. The van der Waals surface area contributed by atoms with E-state index in [2.05, 4.69) is 14.9 Å². The molecule has 1 atom stereocenters. The van der Waals surface area contributed by atoms with Crippen LogP contribution in [-0.4, -0.2) is 12.5 Å². The van der Waals surface area contributed by atoms with Crippen LogP contribution >= 0.6 is 0 Å². The van der Waals surface area contributed by atoms with Gasteiger partial charge in [0.2, 0.25) is 0 Å². The summed E-state index contributed by atoms with van der Waals surface area (Å²) < 4.78 is 46.6. The van der Waals surface area contributed by atoms with Gasteiger partial charge in [-0.1, -0.05) is 0 Å². The summed E-state index contributed by atoms with van der Waals surface area (Å²) in [5.41, 5.74) is 2.59. The maximum atomic E-state index is 12.7. The molecule has 0 aromatic heterocycles. The molecule has 0 spiro atoms. The number of rotatable bonds is 1. The molecule has 7 heteroatoms. The van der Waals surface area contributed by atoms with Crippen molar-refractivity contribution in [3.05, 3.63) is 18.2 Å². The number of benzene rings is 1. The van der Waals surface area contributed by atoms with Gasteiger partial charge in [0.1, 0.15) is 0 Å². The average molecular weight is 220 g/mol. The number of ether oxygens (including phenoxy) is 2. The van der Waals surface area contributed by atoms with Crippen molar-refractivity contribution < 1.29 is 22.6 Å². The number of alkyl halides is 3. The maximum Gasteiger partial charge on any atom is 0.468 e. The second-order valence-corrected chi connectivity index (χ2v) is 2.90. The van der Waals surface area contributed by atoms with E-state index in [9.17, 15) is 13.2 Å². The Morgan fingerprint density at radius 3 is 2.73 bits per heavy atom. The zero-order chi connectivity index (χ0) is 11.1. The van der Waals surface area contributed by atoms with E-state index in [1.807, 2.05) is 0 Å². The summed E-state index contributed by atoms with van der Waals surface area (Å²) in [6, 6.07) is 3.92. The zero-order valence-corrected chi connectivity index (χ0v) is 7.34. The van der Waals surface area contributed by atoms with Crippen LogP contribution < -0.4 is 20.7 Å². The first-order valence-electron chi connectivity index (χ1n) is 4.01. The van der Waals surface area contributed by atoms with Gasteiger partial charge in [-0.05, 0) is 12.1 Å². The Bertz CT molecular complexity index is 386. The van der Waals surface area contributed by atoms with E-state index in [0.717, 1.165) is 0 Å². The molecule has 3 N–H and O–H groups in total. The van der Waals surface area contributed by atoms with E-state index >= 15 is 0 Å². The predicted octanol–water partition coefficient (Wildman–Crippen LogP) is 1.63. The van der Waals surface area contributed by atoms with E-state index in [1.54, 1.807) is 0 Å². The molecule has 0 amide bonds. The molecule has 1 heterocycles. The van der Waals surface area contributed by atoms with Gasteiger partial charge < -0.3 is 14.9 Å². The van der Waals surface area contributed by atoms with Crippen LogP contribution in [0.1, 0.15) is 0 Å². The first-order chi connectivity index (χ1) is 7.03. The van der Waals surface area contributed by atoms with Crippen LogP contribution in [0, 0.1) is 0 Å². The van der Waals surface area contributed by atoms with Crippen LogP contribution in [0.15, 0.2) is 18.2 Å². The Hall–Kier alpha value is -1.63. The molecule has 4 nitrogen and oxygen atoms in total. The summed E-state index contributed by atoms with van der Waals surface area (Å²) in [4.78, 5) is 0. The largest absolute Gasteiger partial charge is 0.468 e. The number of hydrogen-bond acceptors (Lipinski definition) is 4. The van der Waals surface area contributed by atoms with E-state index in [4.69, 9.17) is 5.84 Å². The second kappa shape index (κ2) is 3.20. The Labute approximate surface area is 82.7 Å². The molecule has 2 rings (SSSR count). The van der Waals surface area contributed by atoms with E-state index < -0.39 is 12.5 Å². The highest BCUT2D eigenvalue weighted by molar-refractivity contribution is 5.54. The Morgan fingerprint density at radius 2 is 2.07 bits per heavy atom. The minimum Gasteiger partial charge on any atom is -0.447 e. The molecule has 0 fully saturated rings. The van der Waals surface area contributed by atoms with Crippen LogP contribution in [0.3, 0.4) is 0 Å². The van der Waals surface area contributed by atoms with Crippen LogP contribution in [0.25, 0.3) is 0 Å². The fourth-order valence-electron chi connectivity index (χ4n) is 1.15. The smallest absolute Gasteiger partial charge is 0.447 e. The SMILES string of the molecule is NNc1ccc2c(c1)OC(F)(F)C(F)O2. The summed E-state index contributed by atoms with van der Waals surface area (Å²) in [6.07, 6.45) is -6.79. The monoisotopic (exact) mass is 220 g/mol. The molecule has 0 saturated carbocycles. The molecular formula is C8H7F3N2O2. The number of fused-ring (bicyclic) bond motifs is 1. The quantitative estimate of drug-likeness (QED) is 0.558. The van der Waals surface area contributed by atoms with E-state index in [-0.39, 0.29) is 11.5 Å². The third kappa shape index (κ3) is 1.65. The molecule has 0 aliphatic carbocycles. The highest BCUT2D eigenvalue weighted by Gasteiger charge is 2.49. The topological polar surface area (TPSA) is 56.5 Å². The van der Waals surface area contributed by atoms with Crippen molar-refractivity contribution in [1.82, 2.24) is 0 Å². The number of nitrogens with one attached hydrogen (secondary N) is 1. The van der Waals surface area contributed by atoms with Crippen molar-refractivity contribution in [2.45, 2.75) is 12.5 Å². The molecule has 82 valence electrons. The van der Waals surface area contributed by atoms with Crippen molar-refractivity contribution in [3.8, 4) is 11.5 Å².